The largest absolute Gasteiger partial charge is 0.346 e. The Labute approximate surface area is 117 Å². The minimum absolute atomic E-state index is 0. The number of rotatable bonds is 4. The van der Waals surface area contributed by atoms with Crippen molar-refractivity contribution in [3.05, 3.63) is 46.9 Å². The molecule has 0 saturated heterocycles. The van der Waals surface area contributed by atoms with E-state index in [0.717, 1.165) is 16.6 Å². The Morgan fingerprint density at radius 2 is 2.26 bits per heavy atom. The predicted octanol–water partition coefficient (Wildman–Crippen LogP) is 2.59. The molecule has 3 heterocycles. The van der Waals surface area contributed by atoms with Gasteiger partial charge in [0, 0.05) is 32.6 Å². The van der Waals surface area contributed by atoms with Crippen LogP contribution >= 0.6 is 11.3 Å². The molecule has 0 bridgehead atoms. The van der Waals surface area contributed by atoms with Gasteiger partial charge in [-0.05, 0) is 29.1 Å². The summed E-state index contributed by atoms with van der Waals surface area (Å²) in [5.74, 6) is 0. The zero-order chi connectivity index (χ0) is 13.3. The highest BCUT2D eigenvalue weighted by atomic mass is 32.2. The van der Waals surface area contributed by atoms with Gasteiger partial charge in [-0.1, -0.05) is 0 Å². The fraction of sp³-hybridized carbons (Fsp3) is 0.0833. The summed E-state index contributed by atoms with van der Waals surface area (Å²) in [5.41, 5.74) is 1.65. The number of nitrogens with zero attached hydrogens (tertiary/aromatic N) is 1. The van der Waals surface area contributed by atoms with Crippen LogP contribution in [0.5, 0.6) is 0 Å². The number of pyridine rings is 1. The summed E-state index contributed by atoms with van der Waals surface area (Å²) in [6.45, 7) is 0.245. The maximum absolute atomic E-state index is 12.0. The molecule has 0 aliphatic rings. The van der Waals surface area contributed by atoms with Gasteiger partial charge in [-0.2, -0.15) is 11.3 Å². The molecule has 19 heavy (non-hydrogen) atoms. The van der Waals surface area contributed by atoms with Crippen molar-refractivity contribution < 1.29 is 11.3 Å². The number of nitrogens with one attached hydrogen (secondary N) is 2. The molecule has 0 amide bonds. The van der Waals surface area contributed by atoms with E-state index in [0.29, 0.717) is 4.90 Å². The van der Waals surface area contributed by atoms with Crippen LogP contribution in [0.4, 0.5) is 0 Å². The molecule has 0 aromatic carbocycles. The molecule has 3 aromatic rings. The van der Waals surface area contributed by atoms with Crippen LogP contribution in [0, 0.1) is 0 Å². The maximum Gasteiger partial charge on any atom is 0.241 e. The summed E-state index contributed by atoms with van der Waals surface area (Å²) in [6, 6.07) is 5.29. The summed E-state index contributed by atoms with van der Waals surface area (Å²) in [6.07, 6.45) is 3.45. The van der Waals surface area contributed by atoms with Crippen molar-refractivity contribution in [1.29, 1.82) is 0 Å². The number of H-pyrrole nitrogens is 1. The third kappa shape index (κ3) is 2.40. The van der Waals surface area contributed by atoms with Gasteiger partial charge in [-0.15, -0.1) is 0 Å². The van der Waals surface area contributed by atoms with Crippen molar-refractivity contribution in [2.24, 2.45) is 0 Å². The lowest BCUT2D eigenvalue weighted by Gasteiger charge is -2.06. The van der Waals surface area contributed by atoms with Crippen LogP contribution < -0.4 is 4.72 Å². The van der Waals surface area contributed by atoms with E-state index < -0.39 is 10.0 Å². The monoisotopic (exact) mass is 297 g/mol. The number of hydrogen-bond acceptors (Lipinski definition) is 4. The van der Waals surface area contributed by atoms with Gasteiger partial charge < -0.3 is 4.98 Å². The van der Waals surface area contributed by atoms with Crippen LogP contribution in [-0.2, 0) is 16.6 Å². The lowest BCUT2D eigenvalue weighted by molar-refractivity contribution is 0.582. The van der Waals surface area contributed by atoms with Gasteiger partial charge in [-0.3, -0.25) is 0 Å². The molecule has 102 valence electrons. The molecule has 3 rings (SSSR count). The van der Waals surface area contributed by atoms with Crippen molar-refractivity contribution in [3.8, 4) is 0 Å². The highest BCUT2D eigenvalue weighted by molar-refractivity contribution is 7.89. The first-order chi connectivity index (χ1) is 9.17. The fourth-order valence-electron chi connectivity index (χ4n) is 1.83. The van der Waals surface area contributed by atoms with Crippen molar-refractivity contribution in [3.63, 3.8) is 0 Å². The number of sulfonamides is 1. The lowest BCUT2D eigenvalue weighted by atomic mass is 10.2. The number of thiophene rings is 1. The smallest absolute Gasteiger partial charge is 0.241 e. The van der Waals surface area contributed by atoms with Gasteiger partial charge in [0.25, 0.3) is 0 Å². The number of fused-ring (bicyclic) bond motifs is 1. The van der Waals surface area contributed by atoms with Crippen LogP contribution in [0.25, 0.3) is 11.0 Å². The van der Waals surface area contributed by atoms with E-state index in [9.17, 15) is 8.42 Å². The molecule has 7 heteroatoms. The molecule has 0 atom stereocenters. The van der Waals surface area contributed by atoms with E-state index in [4.69, 9.17) is 0 Å². The molecule has 0 saturated carbocycles. The molecule has 2 N–H and O–H groups in total. The quantitative estimate of drug-likeness (QED) is 0.777. The lowest BCUT2D eigenvalue weighted by Crippen LogP contribution is -2.22. The number of aromatic amines is 1. The third-order valence-corrected chi connectivity index (χ3v) is 5.04. The van der Waals surface area contributed by atoms with Crippen molar-refractivity contribution in [2.45, 2.75) is 11.4 Å². The second-order valence-electron chi connectivity index (χ2n) is 3.99. The molecule has 0 radical (unpaired) electrons. The molecular weight excluding hydrogens is 282 g/mol. The minimum Gasteiger partial charge on any atom is -0.346 e. The summed E-state index contributed by atoms with van der Waals surface area (Å²) in [5, 5.41) is 4.28. The number of aromatic nitrogens is 2. The molecule has 3 aromatic heterocycles. The average Bonchev–Trinajstić information content (AvgIpc) is 3.07. The first kappa shape index (κ1) is 12.3. The van der Waals surface area contributed by atoms with E-state index in [1.54, 1.807) is 29.2 Å². The SMILES string of the molecule is O=S(=O)(NCc1ccnc2[nH]ccc12)c1ccsc1.[HH].[HH]. The second-order valence-corrected chi connectivity index (χ2v) is 6.54. The van der Waals surface area contributed by atoms with E-state index in [-0.39, 0.29) is 9.40 Å². The zero-order valence-electron chi connectivity index (χ0n) is 9.83. The Bertz CT molecular complexity index is 801. The topological polar surface area (TPSA) is 74.8 Å². The van der Waals surface area contributed by atoms with Crippen molar-refractivity contribution >= 4 is 32.4 Å². The van der Waals surface area contributed by atoms with Crippen LogP contribution in [0.15, 0.2) is 46.2 Å². The Hall–Kier alpha value is -1.70. The van der Waals surface area contributed by atoms with E-state index in [2.05, 4.69) is 14.7 Å². The van der Waals surface area contributed by atoms with Crippen LogP contribution in [0.1, 0.15) is 8.42 Å². The van der Waals surface area contributed by atoms with Gasteiger partial charge in [0.2, 0.25) is 10.0 Å². The van der Waals surface area contributed by atoms with Gasteiger partial charge in [-0.25, -0.2) is 18.1 Å². The van der Waals surface area contributed by atoms with Crippen molar-refractivity contribution in [2.75, 3.05) is 0 Å². The molecule has 0 aliphatic heterocycles. The van der Waals surface area contributed by atoms with Crippen LogP contribution in [0.3, 0.4) is 0 Å². The van der Waals surface area contributed by atoms with Gasteiger partial charge in [0.1, 0.15) is 5.65 Å². The third-order valence-electron chi connectivity index (χ3n) is 2.81. The molecule has 5 nitrogen and oxygen atoms in total. The second kappa shape index (κ2) is 4.76. The molecule has 0 aliphatic carbocycles. The number of hydrogen-bond donors (Lipinski definition) is 2. The summed E-state index contributed by atoms with van der Waals surface area (Å²) >= 11 is 1.36. The normalized spacial score (nSPS) is 12.0. The van der Waals surface area contributed by atoms with Crippen LogP contribution in [-0.4, -0.2) is 18.4 Å². The Morgan fingerprint density at radius 1 is 1.37 bits per heavy atom. The molecular formula is C12H15N3O2S2. The summed E-state index contributed by atoms with van der Waals surface area (Å²) < 4.78 is 26.6. The molecule has 0 unspecified atom stereocenters. The van der Waals surface area contributed by atoms with Gasteiger partial charge in [0.05, 0.1) is 4.90 Å². The average molecular weight is 297 g/mol. The van der Waals surface area contributed by atoms with Gasteiger partial charge in [0.15, 0.2) is 0 Å². The van der Waals surface area contributed by atoms with E-state index in [1.807, 2.05) is 12.1 Å². The Balaban J connectivity index is 0.00000110. The summed E-state index contributed by atoms with van der Waals surface area (Å²) in [4.78, 5) is 7.47. The molecule has 0 fully saturated rings. The Kier molecular flexibility index (Phi) is 3.09. The van der Waals surface area contributed by atoms with Crippen LogP contribution in [0.2, 0.25) is 0 Å². The highest BCUT2D eigenvalue weighted by Gasteiger charge is 2.14. The van der Waals surface area contributed by atoms with Crippen molar-refractivity contribution in [1.82, 2.24) is 14.7 Å². The Morgan fingerprint density at radius 3 is 3.05 bits per heavy atom. The summed E-state index contributed by atoms with van der Waals surface area (Å²) in [7, 11) is -3.44. The minimum atomic E-state index is -3.44. The fourth-order valence-corrected chi connectivity index (χ4v) is 3.87. The maximum atomic E-state index is 12.0. The van der Waals surface area contributed by atoms with Gasteiger partial charge >= 0.3 is 0 Å². The molecule has 0 spiro atoms. The predicted molar refractivity (Wildman–Crippen MR) is 78.7 cm³/mol. The first-order valence-electron chi connectivity index (χ1n) is 5.60. The van der Waals surface area contributed by atoms with E-state index >= 15 is 0 Å². The van der Waals surface area contributed by atoms with E-state index in [1.165, 1.54) is 11.3 Å². The first-order valence-corrected chi connectivity index (χ1v) is 8.02. The standard InChI is InChI=1S/C12H11N3O2S2.2H2/c16-19(17,10-3-6-18-8-10)15-7-9-1-4-13-12-11(9)2-5-14-12;;/h1-6,8,15H,7H2,(H,13,14);2*1H. The zero-order valence-corrected chi connectivity index (χ0v) is 11.5. The highest BCUT2D eigenvalue weighted by Crippen LogP contribution is 2.17.